The zero-order chi connectivity index (χ0) is 15.0. The zero-order valence-electron chi connectivity index (χ0n) is 12.0. The van der Waals surface area contributed by atoms with Crippen LogP contribution >= 0.6 is 34.5 Å². The van der Waals surface area contributed by atoms with Gasteiger partial charge >= 0.3 is 0 Å². The van der Waals surface area contributed by atoms with Crippen molar-refractivity contribution in [3.8, 4) is 0 Å². The summed E-state index contributed by atoms with van der Waals surface area (Å²) in [5.74, 6) is 1.59. The molecule has 0 aliphatic heterocycles. The van der Waals surface area contributed by atoms with Gasteiger partial charge in [-0.1, -0.05) is 11.6 Å². The number of nitrogens with zero attached hydrogens (tertiary/aromatic N) is 2. The summed E-state index contributed by atoms with van der Waals surface area (Å²) in [7, 11) is 0. The standard InChI is InChI=1S/C16H16Cl2N2S/c1-10-7-13(21-11(10)2)9-20-15-8-12(18)3-4-14(15)19-16(20)5-6-17/h3-4,7-8H,5-6,9H2,1-2H3. The fourth-order valence-electron chi connectivity index (χ4n) is 2.48. The van der Waals surface area contributed by atoms with Crippen LogP contribution in [-0.4, -0.2) is 15.4 Å². The third-order valence-corrected chi connectivity index (χ3v) is 5.20. The molecule has 3 rings (SSSR count). The molecule has 110 valence electrons. The largest absolute Gasteiger partial charge is 0.323 e. The highest BCUT2D eigenvalue weighted by molar-refractivity contribution is 7.12. The van der Waals surface area contributed by atoms with Crippen LogP contribution < -0.4 is 0 Å². The fourth-order valence-corrected chi connectivity index (χ4v) is 3.86. The Morgan fingerprint density at radius 3 is 2.71 bits per heavy atom. The lowest BCUT2D eigenvalue weighted by molar-refractivity contribution is 0.763. The molecule has 3 aromatic rings. The fraction of sp³-hybridized carbons (Fsp3) is 0.312. The van der Waals surface area contributed by atoms with Gasteiger partial charge in [0.05, 0.1) is 17.6 Å². The average Bonchev–Trinajstić information content (AvgIpc) is 2.93. The van der Waals surface area contributed by atoms with Crippen LogP contribution in [0.25, 0.3) is 11.0 Å². The van der Waals surface area contributed by atoms with E-state index in [1.165, 1.54) is 15.3 Å². The molecule has 2 heterocycles. The molecule has 0 atom stereocenters. The Hall–Kier alpha value is -1.03. The van der Waals surface area contributed by atoms with Gasteiger partial charge < -0.3 is 4.57 Å². The number of aryl methyl sites for hydroxylation is 3. The molecule has 0 saturated carbocycles. The summed E-state index contributed by atoms with van der Waals surface area (Å²) < 4.78 is 2.23. The minimum atomic E-state index is 0.569. The Kier molecular flexibility index (Phi) is 4.25. The highest BCUT2D eigenvalue weighted by Gasteiger charge is 2.12. The molecule has 0 aliphatic rings. The SMILES string of the molecule is Cc1cc(Cn2c(CCCl)nc3ccc(Cl)cc32)sc1C. The Morgan fingerprint density at radius 1 is 1.24 bits per heavy atom. The van der Waals surface area contributed by atoms with Crippen LogP contribution in [0.15, 0.2) is 24.3 Å². The van der Waals surface area contributed by atoms with E-state index in [0.29, 0.717) is 5.88 Å². The molecule has 1 aromatic carbocycles. The first-order valence-electron chi connectivity index (χ1n) is 6.85. The summed E-state index contributed by atoms with van der Waals surface area (Å²) >= 11 is 13.9. The summed E-state index contributed by atoms with van der Waals surface area (Å²) in [6, 6.07) is 8.08. The van der Waals surface area contributed by atoms with Gasteiger partial charge in [0.25, 0.3) is 0 Å². The van der Waals surface area contributed by atoms with Gasteiger partial charge in [-0.25, -0.2) is 4.98 Å². The van der Waals surface area contributed by atoms with E-state index < -0.39 is 0 Å². The van der Waals surface area contributed by atoms with Crippen molar-refractivity contribution in [2.24, 2.45) is 0 Å². The Bertz CT molecular complexity index is 770. The van der Waals surface area contributed by atoms with E-state index in [0.717, 1.165) is 34.8 Å². The van der Waals surface area contributed by atoms with Crippen LogP contribution in [0.1, 0.15) is 21.1 Å². The maximum atomic E-state index is 6.14. The second-order valence-electron chi connectivity index (χ2n) is 5.14. The van der Waals surface area contributed by atoms with E-state index >= 15 is 0 Å². The molecular weight excluding hydrogens is 323 g/mol. The minimum Gasteiger partial charge on any atom is -0.323 e. The van der Waals surface area contributed by atoms with Crippen molar-refractivity contribution in [1.29, 1.82) is 0 Å². The molecule has 0 amide bonds. The summed E-state index contributed by atoms with van der Waals surface area (Å²) in [5.41, 5.74) is 3.40. The molecule has 5 heteroatoms. The second-order valence-corrected chi connectivity index (χ2v) is 7.29. The monoisotopic (exact) mass is 338 g/mol. The smallest absolute Gasteiger partial charge is 0.111 e. The number of aromatic nitrogens is 2. The number of fused-ring (bicyclic) bond motifs is 1. The van der Waals surface area contributed by atoms with E-state index in [4.69, 9.17) is 28.2 Å². The van der Waals surface area contributed by atoms with Crippen LogP contribution in [0.3, 0.4) is 0 Å². The van der Waals surface area contributed by atoms with Crippen LogP contribution in [0.4, 0.5) is 0 Å². The topological polar surface area (TPSA) is 17.8 Å². The van der Waals surface area contributed by atoms with Crippen LogP contribution in [0.2, 0.25) is 5.02 Å². The molecule has 0 bridgehead atoms. The molecule has 0 spiro atoms. The van der Waals surface area contributed by atoms with Gasteiger partial charge in [0.1, 0.15) is 5.82 Å². The van der Waals surface area contributed by atoms with E-state index in [1.807, 2.05) is 29.5 Å². The lowest BCUT2D eigenvalue weighted by Crippen LogP contribution is -2.05. The minimum absolute atomic E-state index is 0.569. The summed E-state index contributed by atoms with van der Waals surface area (Å²) in [5, 5.41) is 0.736. The lowest BCUT2D eigenvalue weighted by atomic mass is 10.2. The van der Waals surface area contributed by atoms with Crippen LogP contribution in [0.5, 0.6) is 0 Å². The van der Waals surface area contributed by atoms with Crippen LogP contribution in [-0.2, 0) is 13.0 Å². The van der Waals surface area contributed by atoms with E-state index in [9.17, 15) is 0 Å². The lowest BCUT2D eigenvalue weighted by Gasteiger charge is -2.07. The number of benzene rings is 1. The van der Waals surface area contributed by atoms with Gasteiger partial charge in [-0.05, 0) is 43.7 Å². The number of halogens is 2. The third kappa shape index (κ3) is 2.96. The molecule has 21 heavy (non-hydrogen) atoms. The van der Waals surface area contributed by atoms with Crippen LogP contribution in [0, 0.1) is 13.8 Å². The molecule has 0 N–H and O–H groups in total. The highest BCUT2D eigenvalue weighted by atomic mass is 35.5. The third-order valence-electron chi connectivity index (χ3n) is 3.64. The number of thiophene rings is 1. The first-order valence-corrected chi connectivity index (χ1v) is 8.58. The average molecular weight is 339 g/mol. The Labute approximate surface area is 138 Å². The van der Waals surface area contributed by atoms with Gasteiger partial charge in [0.15, 0.2) is 0 Å². The van der Waals surface area contributed by atoms with Gasteiger partial charge in [0.2, 0.25) is 0 Å². The maximum absolute atomic E-state index is 6.14. The van der Waals surface area contributed by atoms with Crippen molar-refractivity contribution in [2.45, 2.75) is 26.8 Å². The van der Waals surface area contributed by atoms with E-state index in [2.05, 4.69) is 24.5 Å². The molecule has 2 nitrogen and oxygen atoms in total. The summed E-state index contributed by atoms with van der Waals surface area (Å²) in [4.78, 5) is 7.39. The van der Waals surface area contributed by atoms with Crippen molar-refractivity contribution in [2.75, 3.05) is 5.88 Å². The number of hydrogen-bond donors (Lipinski definition) is 0. The molecule has 2 aromatic heterocycles. The van der Waals surface area contributed by atoms with Gasteiger partial charge in [-0.2, -0.15) is 0 Å². The van der Waals surface area contributed by atoms with Crippen molar-refractivity contribution >= 4 is 45.6 Å². The molecule has 0 unspecified atom stereocenters. The van der Waals surface area contributed by atoms with E-state index in [1.54, 1.807) is 0 Å². The summed E-state index contributed by atoms with van der Waals surface area (Å²) in [6.07, 6.45) is 0.761. The zero-order valence-corrected chi connectivity index (χ0v) is 14.3. The van der Waals surface area contributed by atoms with Crippen molar-refractivity contribution in [3.63, 3.8) is 0 Å². The maximum Gasteiger partial charge on any atom is 0.111 e. The first-order chi connectivity index (χ1) is 10.1. The normalized spacial score (nSPS) is 11.4. The second kappa shape index (κ2) is 5.99. The number of hydrogen-bond acceptors (Lipinski definition) is 2. The highest BCUT2D eigenvalue weighted by Crippen LogP contribution is 2.26. The summed E-state index contributed by atoms with van der Waals surface area (Å²) in [6.45, 7) is 5.13. The van der Waals surface area contributed by atoms with Gasteiger partial charge in [-0.3, -0.25) is 0 Å². The predicted octanol–water partition coefficient (Wildman–Crippen LogP) is 5.20. The Balaban J connectivity index is 2.09. The predicted molar refractivity (Wildman–Crippen MR) is 92.1 cm³/mol. The molecule has 0 fully saturated rings. The first kappa shape index (κ1) is 14.9. The number of imidazole rings is 1. The molecular formula is C16H16Cl2N2S. The van der Waals surface area contributed by atoms with Gasteiger partial charge in [-0.15, -0.1) is 22.9 Å². The van der Waals surface area contributed by atoms with Crippen molar-refractivity contribution in [3.05, 3.63) is 50.4 Å². The van der Waals surface area contributed by atoms with Gasteiger partial charge in [0, 0.05) is 27.1 Å². The molecule has 0 saturated heterocycles. The van der Waals surface area contributed by atoms with Crippen molar-refractivity contribution < 1.29 is 0 Å². The molecule has 0 radical (unpaired) electrons. The quantitative estimate of drug-likeness (QED) is 0.598. The van der Waals surface area contributed by atoms with Crippen molar-refractivity contribution in [1.82, 2.24) is 9.55 Å². The van der Waals surface area contributed by atoms with E-state index in [-0.39, 0.29) is 0 Å². The number of rotatable bonds is 4. The Morgan fingerprint density at radius 2 is 2.05 bits per heavy atom. The molecule has 0 aliphatic carbocycles. The number of alkyl halides is 1.